The van der Waals surface area contributed by atoms with Gasteiger partial charge in [-0.15, -0.1) is 0 Å². The molecule has 5 rings (SSSR count). The Morgan fingerprint density at radius 1 is 1.00 bits per heavy atom. The fourth-order valence-corrected chi connectivity index (χ4v) is 5.66. The first-order valence-corrected chi connectivity index (χ1v) is 13.1. The van der Waals surface area contributed by atoms with E-state index < -0.39 is 5.41 Å². The molecule has 1 aromatic heterocycles. The van der Waals surface area contributed by atoms with Crippen LogP contribution in [0.1, 0.15) is 67.3 Å². The van der Waals surface area contributed by atoms with Gasteiger partial charge in [-0.05, 0) is 67.9 Å². The maximum atomic E-state index is 9.41. The maximum absolute atomic E-state index is 9.41. The predicted octanol–water partition coefficient (Wildman–Crippen LogP) is 5.89. The van der Waals surface area contributed by atoms with Crippen molar-refractivity contribution in [1.29, 1.82) is 10.7 Å². The van der Waals surface area contributed by atoms with E-state index in [0.717, 1.165) is 54.2 Å². The van der Waals surface area contributed by atoms with E-state index in [1.54, 1.807) is 0 Å². The third-order valence-corrected chi connectivity index (χ3v) is 8.08. The third-order valence-electron chi connectivity index (χ3n) is 8.08. The number of aromatic nitrogens is 1. The lowest BCUT2D eigenvalue weighted by Gasteiger charge is -2.26. The number of pyridine rings is 1. The van der Waals surface area contributed by atoms with Crippen LogP contribution in [0.25, 0.3) is 11.1 Å². The van der Waals surface area contributed by atoms with Crippen molar-refractivity contribution in [3.8, 4) is 17.2 Å². The Morgan fingerprint density at radius 3 is 2.39 bits per heavy atom. The van der Waals surface area contributed by atoms with Gasteiger partial charge in [0.1, 0.15) is 5.82 Å². The molecule has 0 unspecified atom stereocenters. The Morgan fingerprint density at radius 2 is 1.69 bits per heavy atom. The van der Waals surface area contributed by atoms with Crippen molar-refractivity contribution < 1.29 is 0 Å². The fourth-order valence-electron chi connectivity index (χ4n) is 5.66. The molecule has 0 atom stereocenters. The van der Waals surface area contributed by atoms with Crippen molar-refractivity contribution in [3.63, 3.8) is 0 Å². The van der Waals surface area contributed by atoms with Crippen molar-refractivity contribution in [3.05, 3.63) is 82.5 Å². The van der Waals surface area contributed by atoms with Crippen LogP contribution in [0, 0.1) is 16.7 Å². The van der Waals surface area contributed by atoms with E-state index in [4.69, 9.17) is 11.1 Å². The zero-order valence-electron chi connectivity index (χ0n) is 21.3. The SMILES string of the molecule is CC(C)(C#N)c1ccc(C(=N)c2cc(-c3ccc4c(c3)CCN(C3CCCC3)CC4)cnc2N)cc1. The third kappa shape index (κ3) is 4.79. The van der Waals surface area contributed by atoms with Crippen LogP contribution in [0.4, 0.5) is 5.82 Å². The normalized spacial score (nSPS) is 16.8. The summed E-state index contributed by atoms with van der Waals surface area (Å²) in [6, 6.07) is 19.5. The van der Waals surface area contributed by atoms with E-state index in [2.05, 4.69) is 34.2 Å². The molecule has 0 radical (unpaired) electrons. The Labute approximate surface area is 214 Å². The summed E-state index contributed by atoms with van der Waals surface area (Å²) >= 11 is 0. The molecule has 0 spiro atoms. The number of rotatable bonds is 5. The van der Waals surface area contributed by atoms with Gasteiger partial charge < -0.3 is 5.73 Å². The van der Waals surface area contributed by atoms with Gasteiger partial charge in [0, 0.05) is 42.0 Å². The van der Waals surface area contributed by atoms with Gasteiger partial charge in [-0.2, -0.15) is 5.26 Å². The molecule has 1 fully saturated rings. The Bertz CT molecular complexity index is 1310. The molecule has 184 valence electrons. The second kappa shape index (κ2) is 9.87. The highest BCUT2D eigenvalue weighted by Crippen LogP contribution is 2.30. The Hall–Kier alpha value is -3.49. The molecule has 2 aliphatic rings. The van der Waals surface area contributed by atoms with Crippen molar-refractivity contribution >= 4 is 11.5 Å². The molecular weight excluding hydrogens is 442 g/mol. The van der Waals surface area contributed by atoms with Crippen molar-refractivity contribution in [1.82, 2.24) is 9.88 Å². The van der Waals surface area contributed by atoms with Gasteiger partial charge >= 0.3 is 0 Å². The number of hydrogen-bond acceptors (Lipinski definition) is 5. The molecule has 0 bridgehead atoms. The minimum absolute atomic E-state index is 0.338. The summed E-state index contributed by atoms with van der Waals surface area (Å²) in [6.07, 6.45) is 9.46. The number of nitriles is 1. The van der Waals surface area contributed by atoms with E-state index in [9.17, 15) is 5.26 Å². The van der Waals surface area contributed by atoms with Gasteiger partial charge in [-0.1, -0.05) is 55.3 Å². The number of benzene rings is 2. The van der Waals surface area contributed by atoms with Crippen molar-refractivity contribution in [2.75, 3.05) is 18.8 Å². The lowest BCUT2D eigenvalue weighted by molar-refractivity contribution is 0.208. The first-order chi connectivity index (χ1) is 17.4. The number of nitrogen functional groups attached to an aromatic ring is 1. The standard InChI is InChI=1S/C31H35N5/c1-31(2,20-32)26-11-9-22(10-12-26)29(33)28-18-25(19-35-30(28)34)23-8-7-21-13-15-36(16-14-24(21)17-23)27-5-3-4-6-27/h7-12,17-19,27,33H,3-6,13-16H2,1-2H3,(H2,34,35). The van der Waals surface area contributed by atoms with Gasteiger partial charge in [0.15, 0.2) is 0 Å². The second-order valence-electron chi connectivity index (χ2n) is 10.8. The number of hydrogen-bond donors (Lipinski definition) is 2. The molecule has 1 aliphatic carbocycles. The zero-order valence-corrected chi connectivity index (χ0v) is 21.3. The highest BCUT2D eigenvalue weighted by Gasteiger charge is 2.25. The molecular formula is C31H35N5. The molecule has 2 heterocycles. The van der Waals surface area contributed by atoms with Crippen LogP contribution < -0.4 is 5.73 Å². The lowest BCUT2D eigenvalue weighted by Crippen LogP contribution is -2.35. The van der Waals surface area contributed by atoms with Crippen LogP contribution in [0.3, 0.4) is 0 Å². The van der Waals surface area contributed by atoms with E-state index in [-0.39, 0.29) is 0 Å². The van der Waals surface area contributed by atoms with Crippen LogP contribution in [0.15, 0.2) is 54.7 Å². The highest BCUT2D eigenvalue weighted by molar-refractivity contribution is 6.13. The van der Waals surface area contributed by atoms with E-state index in [0.29, 0.717) is 17.1 Å². The number of nitrogens with two attached hydrogens (primary N) is 1. The van der Waals surface area contributed by atoms with Gasteiger partial charge in [0.2, 0.25) is 0 Å². The molecule has 2 aromatic carbocycles. The zero-order chi connectivity index (χ0) is 25.3. The predicted molar refractivity (Wildman–Crippen MR) is 146 cm³/mol. The molecule has 1 aliphatic heterocycles. The van der Waals surface area contributed by atoms with Crippen LogP contribution >= 0.6 is 0 Å². The van der Waals surface area contributed by atoms with E-state index in [1.807, 2.05) is 50.4 Å². The molecule has 3 N–H and O–H groups in total. The van der Waals surface area contributed by atoms with E-state index >= 15 is 0 Å². The summed E-state index contributed by atoms with van der Waals surface area (Å²) in [6.45, 7) is 6.08. The fraction of sp³-hybridized carbons (Fsp3) is 0.387. The summed E-state index contributed by atoms with van der Waals surface area (Å²) in [7, 11) is 0. The molecule has 0 amide bonds. The second-order valence-corrected chi connectivity index (χ2v) is 10.8. The summed E-state index contributed by atoms with van der Waals surface area (Å²) in [4.78, 5) is 7.16. The average Bonchev–Trinajstić information content (AvgIpc) is 3.35. The molecule has 1 saturated carbocycles. The van der Waals surface area contributed by atoms with Crippen LogP contribution in [0.5, 0.6) is 0 Å². The lowest BCUT2D eigenvalue weighted by atomic mass is 9.85. The summed E-state index contributed by atoms with van der Waals surface area (Å²) in [5.74, 6) is 0.354. The van der Waals surface area contributed by atoms with Gasteiger partial charge in [-0.3, -0.25) is 10.3 Å². The summed E-state index contributed by atoms with van der Waals surface area (Å²) < 4.78 is 0. The largest absolute Gasteiger partial charge is 0.383 e. The summed E-state index contributed by atoms with van der Waals surface area (Å²) in [5.41, 5.74) is 13.3. The average molecular weight is 478 g/mol. The molecule has 0 saturated heterocycles. The molecule has 5 nitrogen and oxygen atoms in total. The van der Waals surface area contributed by atoms with Gasteiger partial charge in [0.05, 0.1) is 17.2 Å². The molecule has 5 heteroatoms. The minimum atomic E-state index is -0.569. The highest BCUT2D eigenvalue weighted by atomic mass is 15.2. The van der Waals surface area contributed by atoms with Gasteiger partial charge in [0.25, 0.3) is 0 Å². The monoisotopic (exact) mass is 477 g/mol. The van der Waals surface area contributed by atoms with Gasteiger partial charge in [-0.25, -0.2) is 4.98 Å². The van der Waals surface area contributed by atoms with Crippen LogP contribution in [-0.2, 0) is 18.3 Å². The summed E-state index contributed by atoms with van der Waals surface area (Å²) in [5, 5.41) is 18.2. The van der Waals surface area contributed by atoms with Crippen molar-refractivity contribution in [2.45, 2.75) is 63.8 Å². The number of nitrogens with zero attached hydrogens (tertiary/aromatic N) is 3. The van der Waals surface area contributed by atoms with Crippen molar-refractivity contribution in [2.24, 2.45) is 0 Å². The molecule has 3 aromatic rings. The van der Waals surface area contributed by atoms with E-state index in [1.165, 1.54) is 36.8 Å². The first kappa shape index (κ1) is 24.2. The Kier molecular flexibility index (Phi) is 6.64. The maximum Gasteiger partial charge on any atom is 0.132 e. The smallest absolute Gasteiger partial charge is 0.132 e. The first-order valence-electron chi connectivity index (χ1n) is 13.1. The minimum Gasteiger partial charge on any atom is -0.383 e. The number of fused-ring (bicyclic) bond motifs is 1. The quantitative estimate of drug-likeness (QED) is 0.448. The number of anilines is 1. The number of nitrogens with one attached hydrogen (secondary N) is 1. The molecule has 36 heavy (non-hydrogen) atoms. The topological polar surface area (TPSA) is 89.8 Å². The van der Waals surface area contributed by atoms with Crippen LogP contribution in [-0.4, -0.2) is 34.7 Å². The van der Waals surface area contributed by atoms with Crippen LogP contribution in [0.2, 0.25) is 0 Å². The Balaban J connectivity index is 1.38.